The van der Waals surface area contributed by atoms with Crippen molar-refractivity contribution in [1.82, 2.24) is 0 Å². The average Bonchev–Trinajstić information content (AvgIpc) is 2.29. The maximum Gasteiger partial charge on any atom is 0.273 e. The van der Waals surface area contributed by atoms with Crippen LogP contribution >= 0.6 is 15.9 Å². The fourth-order valence-corrected chi connectivity index (χ4v) is 1.36. The lowest BCUT2D eigenvalue weighted by Crippen LogP contribution is -2.00. The number of ether oxygens (including phenoxy) is 2. The molecule has 1 rings (SSSR count). The molecule has 0 N–H and O–H groups in total. The standard InChI is InChI=1S/C10H12BrNO4/c1-15-9-4-3-8(12(13)14)7-10(9)16-6-2-5-11/h3-4,7H,2,5-6H2,1H3. The second-order valence-corrected chi connectivity index (χ2v) is 3.78. The summed E-state index contributed by atoms with van der Waals surface area (Å²) in [5.74, 6) is 0.901. The zero-order valence-corrected chi connectivity index (χ0v) is 10.4. The van der Waals surface area contributed by atoms with E-state index in [1.807, 2.05) is 0 Å². The quantitative estimate of drug-likeness (QED) is 0.350. The highest BCUT2D eigenvalue weighted by Gasteiger charge is 2.12. The number of rotatable bonds is 6. The van der Waals surface area contributed by atoms with Gasteiger partial charge >= 0.3 is 0 Å². The minimum atomic E-state index is -0.462. The first-order valence-electron chi connectivity index (χ1n) is 4.70. The molecule has 0 fully saturated rings. The largest absolute Gasteiger partial charge is 0.493 e. The number of benzene rings is 1. The second-order valence-electron chi connectivity index (χ2n) is 2.98. The van der Waals surface area contributed by atoms with E-state index >= 15 is 0 Å². The summed E-state index contributed by atoms with van der Waals surface area (Å²) in [6, 6.07) is 4.28. The molecule has 1 aromatic rings. The fraction of sp³-hybridized carbons (Fsp3) is 0.400. The first-order chi connectivity index (χ1) is 7.69. The van der Waals surface area contributed by atoms with Crippen LogP contribution < -0.4 is 9.47 Å². The molecule has 0 unspecified atom stereocenters. The summed E-state index contributed by atoms with van der Waals surface area (Å²) in [7, 11) is 1.50. The smallest absolute Gasteiger partial charge is 0.273 e. The Kier molecular flexibility index (Phi) is 5.04. The van der Waals surface area contributed by atoms with E-state index in [0.717, 1.165) is 11.8 Å². The first-order valence-corrected chi connectivity index (χ1v) is 5.82. The number of non-ortho nitro benzene ring substituents is 1. The van der Waals surface area contributed by atoms with Crippen molar-refractivity contribution < 1.29 is 14.4 Å². The van der Waals surface area contributed by atoms with Gasteiger partial charge in [-0.3, -0.25) is 10.1 Å². The minimum Gasteiger partial charge on any atom is -0.493 e. The molecule has 5 nitrogen and oxygen atoms in total. The topological polar surface area (TPSA) is 61.6 Å². The Labute approximate surface area is 102 Å². The van der Waals surface area contributed by atoms with E-state index in [1.54, 1.807) is 0 Å². The predicted octanol–water partition coefficient (Wildman–Crippen LogP) is 2.77. The van der Waals surface area contributed by atoms with Crippen LogP contribution in [-0.4, -0.2) is 24.0 Å². The van der Waals surface area contributed by atoms with Crippen LogP contribution in [0.3, 0.4) is 0 Å². The second kappa shape index (κ2) is 6.32. The molecule has 6 heteroatoms. The number of nitrogens with zero attached hydrogens (tertiary/aromatic N) is 1. The van der Waals surface area contributed by atoms with Crippen LogP contribution in [0.2, 0.25) is 0 Å². The van der Waals surface area contributed by atoms with Crippen LogP contribution in [0.4, 0.5) is 5.69 Å². The van der Waals surface area contributed by atoms with Crippen molar-refractivity contribution in [2.24, 2.45) is 0 Å². The van der Waals surface area contributed by atoms with E-state index in [-0.39, 0.29) is 5.69 Å². The Morgan fingerprint density at radius 1 is 1.44 bits per heavy atom. The Morgan fingerprint density at radius 3 is 2.75 bits per heavy atom. The van der Waals surface area contributed by atoms with Gasteiger partial charge in [-0.2, -0.15) is 0 Å². The van der Waals surface area contributed by atoms with Crippen LogP contribution in [0.1, 0.15) is 6.42 Å². The third-order valence-corrected chi connectivity index (χ3v) is 2.45. The van der Waals surface area contributed by atoms with Gasteiger partial charge in [0.15, 0.2) is 11.5 Å². The average molecular weight is 290 g/mol. The van der Waals surface area contributed by atoms with Crippen molar-refractivity contribution in [2.45, 2.75) is 6.42 Å². The lowest BCUT2D eigenvalue weighted by atomic mass is 10.3. The molecule has 0 heterocycles. The highest BCUT2D eigenvalue weighted by Crippen LogP contribution is 2.31. The molecule has 0 saturated carbocycles. The zero-order valence-electron chi connectivity index (χ0n) is 8.81. The molecule has 0 saturated heterocycles. The van der Waals surface area contributed by atoms with Gasteiger partial charge in [0.05, 0.1) is 24.7 Å². The van der Waals surface area contributed by atoms with Gasteiger partial charge in [0.1, 0.15) is 0 Å². The van der Waals surface area contributed by atoms with Crippen LogP contribution in [0.5, 0.6) is 11.5 Å². The summed E-state index contributed by atoms with van der Waals surface area (Å²) in [4.78, 5) is 10.1. The highest BCUT2D eigenvalue weighted by molar-refractivity contribution is 9.09. The number of halogens is 1. The molecule has 88 valence electrons. The van der Waals surface area contributed by atoms with Gasteiger partial charge in [-0.1, -0.05) is 15.9 Å². The molecule has 0 spiro atoms. The maximum atomic E-state index is 10.6. The van der Waals surface area contributed by atoms with Crippen LogP contribution in [0.15, 0.2) is 18.2 Å². The number of hydrogen-bond acceptors (Lipinski definition) is 4. The number of hydrogen-bond donors (Lipinski definition) is 0. The van der Waals surface area contributed by atoms with Gasteiger partial charge in [-0.15, -0.1) is 0 Å². The van der Waals surface area contributed by atoms with E-state index < -0.39 is 4.92 Å². The Morgan fingerprint density at radius 2 is 2.19 bits per heavy atom. The molecule has 16 heavy (non-hydrogen) atoms. The van der Waals surface area contributed by atoms with Gasteiger partial charge in [0.25, 0.3) is 5.69 Å². The highest BCUT2D eigenvalue weighted by atomic mass is 79.9. The van der Waals surface area contributed by atoms with Gasteiger partial charge in [0, 0.05) is 11.4 Å². The van der Waals surface area contributed by atoms with E-state index in [0.29, 0.717) is 18.1 Å². The summed E-state index contributed by atoms with van der Waals surface area (Å²) in [5.41, 5.74) is -0.00496. The Bertz CT molecular complexity index is 370. The fourth-order valence-electron chi connectivity index (χ4n) is 1.13. The molecule has 0 atom stereocenters. The van der Waals surface area contributed by atoms with E-state index in [4.69, 9.17) is 9.47 Å². The van der Waals surface area contributed by atoms with Crippen molar-refractivity contribution in [2.75, 3.05) is 19.0 Å². The van der Waals surface area contributed by atoms with Gasteiger partial charge in [-0.05, 0) is 12.5 Å². The summed E-state index contributed by atoms with van der Waals surface area (Å²) in [6.45, 7) is 0.489. The predicted molar refractivity (Wildman–Crippen MR) is 63.6 cm³/mol. The third-order valence-electron chi connectivity index (χ3n) is 1.89. The molecule has 0 aliphatic rings. The van der Waals surface area contributed by atoms with Crippen LogP contribution in [0.25, 0.3) is 0 Å². The van der Waals surface area contributed by atoms with Crippen molar-refractivity contribution >= 4 is 21.6 Å². The minimum absolute atomic E-state index is 0.00496. The molecule has 1 aromatic carbocycles. The SMILES string of the molecule is COc1ccc([N+](=O)[O-])cc1OCCCBr. The van der Waals surface area contributed by atoms with Crippen molar-refractivity contribution in [3.05, 3.63) is 28.3 Å². The molecule has 0 radical (unpaired) electrons. The zero-order chi connectivity index (χ0) is 12.0. The summed E-state index contributed by atoms with van der Waals surface area (Å²) >= 11 is 3.28. The van der Waals surface area contributed by atoms with Crippen LogP contribution in [-0.2, 0) is 0 Å². The Hall–Kier alpha value is -1.30. The summed E-state index contributed by atoms with van der Waals surface area (Å²) in [5, 5.41) is 11.4. The van der Waals surface area contributed by atoms with Crippen molar-refractivity contribution in [1.29, 1.82) is 0 Å². The molecule has 0 aliphatic heterocycles. The van der Waals surface area contributed by atoms with Gasteiger partial charge in [-0.25, -0.2) is 0 Å². The van der Waals surface area contributed by atoms with Crippen molar-refractivity contribution in [3.8, 4) is 11.5 Å². The van der Waals surface area contributed by atoms with Crippen LogP contribution in [0, 0.1) is 10.1 Å². The van der Waals surface area contributed by atoms with E-state index in [2.05, 4.69) is 15.9 Å². The van der Waals surface area contributed by atoms with E-state index in [9.17, 15) is 10.1 Å². The lowest BCUT2D eigenvalue weighted by Gasteiger charge is -2.09. The van der Waals surface area contributed by atoms with E-state index in [1.165, 1.54) is 25.3 Å². The molecule has 0 bridgehead atoms. The summed E-state index contributed by atoms with van der Waals surface area (Å²) < 4.78 is 10.5. The number of nitro benzene ring substituents is 1. The lowest BCUT2D eigenvalue weighted by molar-refractivity contribution is -0.385. The molecular weight excluding hydrogens is 278 g/mol. The molecule has 0 aromatic heterocycles. The normalized spacial score (nSPS) is 9.88. The summed E-state index contributed by atoms with van der Waals surface area (Å²) in [6.07, 6.45) is 0.825. The third kappa shape index (κ3) is 3.37. The number of nitro groups is 1. The number of alkyl halides is 1. The Balaban J connectivity index is 2.84. The molecule has 0 aliphatic carbocycles. The van der Waals surface area contributed by atoms with Gasteiger partial charge in [0.2, 0.25) is 0 Å². The molecule has 0 amide bonds. The monoisotopic (exact) mass is 289 g/mol. The molecular formula is C10H12BrNO4. The van der Waals surface area contributed by atoms with Gasteiger partial charge < -0.3 is 9.47 Å². The number of methoxy groups -OCH3 is 1. The maximum absolute atomic E-state index is 10.6. The first kappa shape index (κ1) is 12.8. The van der Waals surface area contributed by atoms with Crippen molar-refractivity contribution in [3.63, 3.8) is 0 Å².